The number of benzene rings is 2. The van der Waals surface area contributed by atoms with Gasteiger partial charge in [-0.15, -0.1) is 0 Å². The normalized spacial score (nSPS) is 20.1. The van der Waals surface area contributed by atoms with Gasteiger partial charge in [0.05, 0.1) is 26.4 Å². The average Bonchev–Trinajstić information content (AvgIpc) is 2.79. The average molecular weight is 381 g/mol. The third-order valence-electron chi connectivity index (χ3n) is 5.30. The predicted molar refractivity (Wildman–Crippen MR) is 108 cm³/mol. The van der Waals surface area contributed by atoms with E-state index in [0.717, 1.165) is 37.4 Å². The van der Waals surface area contributed by atoms with Gasteiger partial charge in [-0.25, -0.2) is 4.79 Å². The lowest BCUT2D eigenvalue weighted by Crippen LogP contribution is -2.47. The first-order valence-corrected chi connectivity index (χ1v) is 9.91. The standard InChI is InChI=1S/C22H27N3O3/c26-22(25-12-15-28-21(17-25)18-6-2-1-3-7-18)23-16-19-8-4-5-9-20(19)24-10-13-27-14-11-24/h1-9,21H,10-17H2,(H,23,26)/t21-/m1/s1. The summed E-state index contributed by atoms with van der Waals surface area (Å²) in [7, 11) is 0. The van der Waals surface area contributed by atoms with Gasteiger partial charge in [-0.05, 0) is 17.2 Å². The number of nitrogens with one attached hydrogen (secondary N) is 1. The summed E-state index contributed by atoms with van der Waals surface area (Å²) in [5.41, 5.74) is 3.42. The summed E-state index contributed by atoms with van der Waals surface area (Å²) in [6.45, 7) is 5.50. The number of anilines is 1. The van der Waals surface area contributed by atoms with Crippen LogP contribution in [-0.4, -0.2) is 56.9 Å². The summed E-state index contributed by atoms with van der Waals surface area (Å²) in [6.07, 6.45) is -0.0682. The van der Waals surface area contributed by atoms with Crippen LogP contribution in [0.1, 0.15) is 17.2 Å². The smallest absolute Gasteiger partial charge is 0.317 e. The van der Waals surface area contributed by atoms with Gasteiger partial charge in [0.15, 0.2) is 0 Å². The molecule has 2 fully saturated rings. The number of para-hydroxylation sites is 1. The summed E-state index contributed by atoms with van der Waals surface area (Å²) < 4.78 is 11.3. The minimum absolute atomic E-state index is 0.0407. The SMILES string of the molecule is O=C(NCc1ccccc1N1CCOCC1)N1CCO[C@@H](c2ccccc2)C1. The second-order valence-corrected chi connectivity index (χ2v) is 7.10. The van der Waals surface area contributed by atoms with Crippen molar-refractivity contribution in [3.05, 3.63) is 65.7 Å². The zero-order valence-corrected chi connectivity index (χ0v) is 16.0. The molecular formula is C22H27N3O3. The number of carbonyl (C=O) groups excluding carboxylic acids is 1. The van der Waals surface area contributed by atoms with Crippen molar-refractivity contribution in [3.8, 4) is 0 Å². The quantitative estimate of drug-likeness (QED) is 0.885. The molecule has 2 aromatic carbocycles. The Labute approximate surface area is 166 Å². The Morgan fingerprint density at radius 2 is 1.71 bits per heavy atom. The first kappa shape index (κ1) is 18.8. The summed E-state index contributed by atoms with van der Waals surface area (Å²) in [5, 5.41) is 3.09. The molecule has 148 valence electrons. The second kappa shape index (κ2) is 9.08. The lowest BCUT2D eigenvalue weighted by molar-refractivity contribution is -0.0154. The highest BCUT2D eigenvalue weighted by molar-refractivity contribution is 5.74. The number of carbonyl (C=O) groups is 1. The van der Waals surface area contributed by atoms with Crippen molar-refractivity contribution >= 4 is 11.7 Å². The minimum atomic E-state index is -0.0682. The first-order chi connectivity index (χ1) is 13.8. The maximum Gasteiger partial charge on any atom is 0.317 e. The molecule has 2 amide bonds. The van der Waals surface area contributed by atoms with E-state index < -0.39 is 0 Å². The molecular weight excluding hydrogens is 354 g/mol. The molecule has 6 nitrogen and oxygen atoms in total. The van der Waals surface area contributed by atoms with Crippen LogP contribution in [0.2, 0.25) is 0 Å². The molecule has 2 aromatic rings. The number of hydrogen-bond donors (Lipinski definition) is 1. The Morgan fingerprint density at radius 3 is 2.54 bits per heavy atom. The Kier molecular flexibility index (Phi) is 6.09. The van der Waals surface area contributed by atoms with E-state index in [-0.39, 0.29) is 12.1 Å². The van der Waals surface area contributed by atoms with Gasteiger partial charge in [0.25, 0.3) is 0 Å². The summed E-state index contributed by atoms with van der Waals surface area (Å²) in [6, 6.07) is 18.3. The van der Waals surface area contributed by atoms with Crippen molar-refractivity contribution in [1.29, 1.82) is 0 Å². The highest BCUT2D eigenvalue weighted by Crippen LogP contribution is 2.23. The number of rotatable bonds is 4. The van der Waals surface area contributed by atoms with Gasteiger partial charge in [-0.1, -0.05) is 48.5 Å². The van der Waals surface area contributed by atoms with Gasteiger partial charge in [-0.2, -0.15) is 0 Å². The van der Waals surface area contributed by atoms with Gasteiger partial charge in [0.1, 0.15) is 6.10 Å². The Balaban J connectivity index is 1.37. The molecule has 2 heterocycles. The van der Waals surface area contributed by atoms with Crippen molar-refractivity contribution < 1.29 is 14.3 Å². The van der Waals surface area contributed by atoms with Crippen LogP contribution in [0.4, 0.5) is 10.5 Å². The van der Waals surface area contributed by atoms with E-state index in [0.29, 0.717) is 26.2 Å². The molecule has 0 saturated carbocycles. The Morgan fingerprint density at radius 1 is 0.964 bits per heavy atom. The Hall–Kier alpha value is -2.57. The number of hydrogen-bond acceptors (Lipinski definition) is 4. The molecule has 2 aliphatic heterocycles. The van der Waals surface area contributed by atoms with Gasteiger partial charge in [-0.3, -0.25) is 0 Å². The highest BCUT2D eigenvalue weighted by Gasteiger charge is 2.25. The molecule has 2 saturated heterocycles. The first-order valence-electron chi connectivity index (χ1n) is 9.91. The summed E-state index contributed by atoms with van der Waals surface area (Å²) >= 11 is 0. The van der Waals surface area contributed by atoms with E-state index in [9.17, 15) is 4.79 Å². The van der Waals surface area contributed by atoms with Crippen LogP contribution in [0, 0.1) is 0 Å². The molecule has 0 spiro atoms. The van der Waals surface area contributed by atoms with E-state index in [2.05, 4.69) is 22.3 Å². The highest BCUT2D eigenvalue weighted by atomic mass is 16.5. The largest absolute Gasteiger partial charge is 0.378 e. The fourth-order valence-electron chi connectivity index (χ4n) is 3.76. The third-order valence-corrected chi connectivity index (χ3v) is 5.30. The van der Waals surface area contributed by atoms with E-state index in [1.54, 1.807) is 0 Å². The zero-order valence-electron chi connectivity index (χ0n) is 16.0. The molecule has 6 heteroatoms. The molecule has 1 atom stereocenters. The number of urea groups is 1. The molecule has 0 bridgehead atoms. The fourth-order valence-corrected chi connectivity index (χ4v) is 3.76. The van der Waals surface area contributed by atoms with E-state index in [1.807, 2.05) is 47.4 Å². The van der Waals surface area contributed by atoms with Crippen LogP contribution >= 0.6 is 0 Å². The maximum absolute atomic E-state index is 12.8. The van der Waals surface area contributed by atoms with Crippen molar-refractivity contribution in [2.24, 2.45) is 0 Å². The Bertz CT molecular complexity index is 778. The van der Waals surface area contributed by atoms with Crippen molar-refractivity contribution in [2.45, 2.75) is 12.6 Å². The summed E-state index contributed by atoms with van der Waals surface area (Å²) in [4.78, 5) is 16.9. The molecule has 0 aliphatic carbocycles. The molecule has 0 unspecified atom stereocenters. The van der Waals surface area contributed by atoms with Gasteiger partial charge >= 0.3 is 6.03 Å². The number of amides is 2. The van der Waals surface area contributed by atoms with Gasteiger partial charge in [0.2, 0.25) is 0 Å². The van der Waals surface area contributed by atoms with Crippen LogP contribution in [0.3, 0.4) is 0 Å². The third kappa shape index (κ3) is 4.46. The molecule has 0 radical (unpaired) electrons. The molecule has 0 aromatic heterocycles. The van der Waals surface area contributed by atoms with Crippen LogP contribution in [-0.2, 0) is 16.0 Å². The number of nitrogens with zero attached hydrogens (tertiary/aromatic N) is 2. The molecule has 1 N–H and O–H groups in total. The maximum atomic E-state index is 12.8. The zero-order chi connectivity index (χ0) is 19.2. The van der Waals surface area contributed by atoms with Crippen LogP contribution in [0.5, 0.6) is 0 Å². The van der Waals surface area contributed by atoms with E-state index >= 15 is 0 Å². The molecule has 2 aliphatic rings. The van der Waals surface area contributed by atoms with Crippen LogP contribution in [0.25, 0.3) is 0 Å². The molecule has 4 rings (SSSR count). The molecule has 28 heavy (non-hydrogen) atoms. The van der Waals surface area contributed by atoms with E-state index in [4.69, 9.17) is 9.47 Å². The van der Waals surface area contributed by atoms with Gasteiger partial charge < -0.3 is 24.6 Å². The number of morpholine rings is 2. The predicted octanol–water partition coefficient (Wildman–Crippen LogP) is 2.81. The monoisotopic (exact) mass is 381 g/mol. The second-order valence-electron chi connectivity index (χ2n) is 7.10. The van der Waals surface area contributed by atoms with Crippen molar-refractivity contribution in [2.75, 3.05) is 50.9 Å². The van der Waals surface area contributed by atoms with Crippen LogP contribution in [0.15, 0.2) is 54.6 Å². The van der Waals surface area contributed by atoms with Crippen molar-refractivity contribution in [1.82, 2.24) is 10.2 Å². The number of ether oxygens (including phenoxy) is 2. The topological polar surface area (TPSA) is 54.0 Å². The minimum Gasteiger partial charge on any atom is -0.378 e. The van der Waals surface area contributed by atoms with Crippen LogP contribution < -0.4 is 10.2 Å². The van der Waals surface area contributed by atoms with Crippen molar-refractivity contribution in [3.63, 3.8) is 0 Å². The van der Waals surface area contributed by atoms with E-state index in [1.165, 1.54) is 5.69 Å². The van der Waals surface area contributed by atoms with Gasteiger partial charge in [0, 0.05) is 31.9 Å². The summed E-state index contributed by atoms with van der Waals surface area (Å²) in [5.74, 6) is 0. The lowest BCUT2D eigenvalue weighted by atomic mass is 10.1. The lowest BCUT2D eigenvalue weighted by Gasteiger charge is -2.33. The fraction of sp³-hybridized carbons (Fsp3) is 0.409.